The summed E-state index contributed by atoms with van der Waals surface area (Å²) >= 11 is 0. The summed E-state index contributed by atoms with van der Waals surface area (Å²) in [6.07, 6.45) is 1.48. The number of nitrogens with one attached hydrogen (secondary N) is 1. The fourth-order valence-corrected chi connectivity index (χ4v) is 1.05. The van der Waals surface area contributed by atoms with E-state index in [9.17, 15) is 9.59 Å². The number of carboxylic acids is 1. The van der Waals surface area contributed by atoms with Crippen LogP contribution < -0.4 is 5.32 Å². The first kappa shape index (κ1) is 12.1. The van der Waals surface area contributed by atoms with Gasteiger partial charge in [-0.25, -0.2) is 4.79 Å². The first-order chi connectivity index (χ1) is 7.61. The molecule has 1 aromatic rings. The van der Waals surface area contributed by atoms with Gasteiger partial charge in [0.25, 0.3) is 5.91 Å². The summed E-state index contributed by atoms with van der Waals surface area (Å²) in [5.41, 5.74) is 0.396. The number of aromatic nitrogens is 1. The molecule has 0 fully saturated rings. The van der Waals surface area contributed by atoms with E-state index in [4.69, 9.17) is 10.2 Å². The van der Waals surface area contributed by atoms with Gasteiger partial charge in [0.1, 0.15) is 0 Å². The van der Waals surface area contributed by atoms with E-state index in [1.54, 1.807) is 18.3 Å². The molecule has 0 aromatic carbocycles. The van der Waals surface area contributed by atoms with Crippen LogP contribution in [0.3, 0.4) is 0 Å². The van der Waals surface area contributed by atoms with Crippen LogP contribution in [0.2, 0.25) is 0 Å². The van der Waals surface area contributed by atoms with Gasteiger partial charge in [-0.05, 0) is 12.1 Å². The number of pyridine rings is 1. The highest BCUT2D eigenvalue weighted by atomic mass is 16.4. The van der Waals surface area contributed by atoms with Crippen molar-refractivity contribution in [3.8, 4) is 0 Å². The summed E-state index contributed by atoms with van der Waals surface area (Å²) in [4.78, 5) is 25.5. The summed E-state index contributed by atoms with van der Waals surface area (Å²) in [5.74, 6) is -1.64. The number of aliphatic carboxylic acids is 1. The molecule has 6 nitrogen and oxygen atoms in total. The minimum absolute atomic E-state index is 0.0265. The molecule has 0 aliphatic heterocycles. The molecule has 16 heavy (non-hydrogen) atoms. The molecule has 0 aliphatic carbocycles. The zero-order valence-corrected chi connectivity index (χ0v) is 8.46. The fraction of sp³-hybridized carbons (Fsp3) is 0.300. The Kier molecular flexibility index (Phi) is 4.41. The van der Waals surface area contributed by atoms with E-state index in [0.29, 0.717) is 5.56 Å². The third kappa shape index (κ3) is 3.66. The van der Waals surface area contributed by atoms with Crippen molar-refractivity contribution >= 4 is 11.9 Å². The molecule has 1 atom stereocenters. The topological polar surface area (TPSA) is 99.5 Å². The van der Waals surface area contributed by atoms with Crippen molar-refractivity contribution in [2.75, 3.05) is 6.54 Å². The van der Waals surface area contributed by atoms with Crippen molar-refractivity contribution in [2.45, 2.75) is 12.5 Å². The van der Waals surface area contributed by atoms with E-state index in [2.05, 4.69) is 10.3 Å². The minimum Gasteiger partial charge on any atom is -0.479 e. The van der Waals surface area contributed by atoms with Crippen LogP contribution in [-0.2, 0) is 4.79 Å². The molecule has 0 aliphatic rings. The van der Waals surface area contributed by atoms with Crippen molar-refractivity contribution in [3.05, 3.63) is 30.1 Å². The quantitative estimate of drug-likeness (QED) is 0.634. The lowest BCUT2D eigenvalue weighted by Crippen LogP contribution is -2.30. The van der Waals surface area contributed by atoms with Gasteiger partial charge in [0, 0.05) is 25.4 Å². The van der Waals surface area contributed by atoms with Crippen LogP contribution in [-0.4, -0.2) is 39.7 Å². The number of hydrogen-bond donors (Lipinski definition) is 3. The standard InChI is InChI=1S/C10H12N2O4/c13-8(10(15)16)3-5-12-9(14)7-2-1-4-11-6-7/h1-2,4,6,8,13H,3,5H2,(H,12,14)(H,15,16)/t8-/m0/s1. The third-order valence-corrected chi connectivity index (χ3v) is 1.91. The van der Waals surface area contributed by atoms with Gasteiger partial charge < -0.3 is 15.5 Å². The molecule has 0 unspecified atom stereocenters. The van der Waals surface area contributed by atoms with Gasteiger partial charge in [-0.1, -0.05) is 0 Å². The molecule has 0 spiro atoms. The smallest absolute Gasteiger partial charge is 0.332 e. The molecular weight excluding hydrogens is 212 g/mol. The van der Waals surface area contributed by atoms with Gasteiger partial charge in [0.2, 0.25) is 0 Å². The van der Waals surface area contributed by atoms with Crippen LogP contribution in [0.25, 0.3) is 0 Å². The maximum absolute atomic E-state index is 11.4. The largest absolute Gasteiger partial charge is 0.479 e. The summed E-state index contributed by atoms with van der Waals surface area (Å²) in [6, 6.07) is 3.22. The van der Waals surface area contributed by atoms with E-state index in [1.165, 1.54) is 6.20 Å². The van der Waals surface area contributed by atoms with Crippen LogP contribution >= 0.6 is 0 Å². The zero-order valence-electron chi connectivity index (χ0n) is 8.46. The van der Waals surface area contributed by atoms with E-state index >= 15 is 0 Å². The number of nitrogens with zero attached hydrogens (tertiary/aromatic N) is 1. The predicted octanol–water partition coefficient (Wildman–Crippen LogP) is -0.353. The number of carbonyl (C=O) groups is 2. The molecule has 86 valence electrons. The maximum Gasteiger partial charge on any atom is 0.332 e. The van der Waals surface area contributed by atoms with E-state index in [1.807, 2.05) is 0 Å². The highest BCUT2D eigenvalue weighted by molar-refractivity contribution is 5.93. The second kappa shape index (κ2) is 5.82. The Morgan fingerprint density at radius 3 is 2.81 bits per heavy atom. The lowest BCUT2D eigenvalue weighted by Gasteiger charge is -2.06. The first-order valence-corrected chi connectivity index (χ1v) is 4.70. The summed E-state index contributed by atoms with van der Waals surface area (Å²) < 4.78 is 0. The normalized spacial score (nSPS) is 11.8. The Bertz CT molecular complexity index is 366. The van der Waals surface area contributed by atoms with Crippen LogP contribution in [0.5, 0.6) is 0 Å². The van der Waals surface area contributed by atoms with Crippen molar-refractivity contribution in [2.24, 2.45) is 0 Å². The molecule has 0 radical (unpaired) electrons. The monoisotopic (exact) mass is 224 g/mol. The van der Waals surface area contributed by atoms with Gasteiger partial charge in [0.05, 0.1) is 5.56 Å². The molecule has 6 heteroatoms. The Hall–Kier alpha value is -1.95. The molecule has 1 aromatic heterocycles. The summed E-state index contributed by atoms with van der Waals surface area (Å²) in [6.45, 7) is 0.0984. The minimum atomic E-state index is -1.45. The zero-order chi connectivity index (χ0) is 12.0. The Labute approximate surface area is 91.9 Å². The number of amides is 1. The van der Waals surface area contributed by atoms with Crippen LogP contribution in [0.1, 0.15) is 16.8 Å². The second-order valence-electron chi connectivity index (χ2n) is 3.14. The average molecular weight is 224 g/mol. The Morgan fingerprint density at radius 1 is 1.50 bits per heavy atom. The van der Waals surface area contributed by atoms with E-state index in [-0.39, 0.29) is 18.9 Å². The second-order valence-corrected chi connectivity index (χ2v) is 3.14. The molecule has 3 N–H and O–H groups in total. The molecule has 1 rings (SSSR count). The molecule has 0 saturated carbocycles. The van der Waals surface area contributed by atoms with E-state index < -0.39 is 12.1 Å². The molecule has 0 bridgehead atoms. The van der Waals surface area contributed by atoms with Crippen LogP contribution in [0, 0.1) is 0 Å². The van der Waals surface area contributed by atoms with E-state index in [0.717, 1.165) is 0 Å². The third-order valence-electron chi connectivity index (χ3n) is 1.91. The lowest BCUT2D eigenvalue weighted by molar-refractivity contribution is -0.146. The van der Waals surface area contributed by atoms with Gasteiger partial charge in [-0.15, -0.1) is 0 Å². The highest BCUT2D eigenvalue weighted by Crippen LogP contribution is 1.96. The lowest BCUT2D eigenvalue weighted by atomic mass is 10.2. The molecule has 1 heterocycles. The summed E-state index contributed by atoms with van der Waals surface area (Å²) in [5, 5.41) is 19.8. The van der Waals surface area contributed by atoms with Gasteiger partial charge >= 0.3 is 5.97 Å². The number of aliphatic hydroxyl groups excluding tert-OH is 1. The summed E-state index contributed by atoms with van der Waals surface area (Å²) in [7, 11) is 0. The van der Waals surface area contributed by atoms with Crippen LogP contribution in [0.4, 0.5) is 0 Å². The molecular formula is C10H12N2O4. The predicted molar refractivity (Wildman–Crippen MR) is 54.8 cm³/mol. The molecule has 1 amide bonds. The number of aliphatic hydroxyl groups is 1. The average Bonchev–Trinajstić information content (AvgIpc) is 2.29. The van der Waals surface area contributed by atoms with Gasteiger partial charge in [-0.3, -0.25) is 9.78 Å². The number of carbonyl (C=O) groups excluding carboxylic acids is 1. The number of rotatable bonds is 5. The Morgan fingerprint density at radius 2 is 2.25 bits per heavy atom. The van der Waals surface area contributed by atoms with Crippen molar-refractivity contribution in [1.82, 2.24) is 10.3 Å². The van der Waals surface area contributed by atoms with Crippen molar-refractivity contribution in [1.29, 1.82) is 0 Å². The highest BCUT2D eigenvalue weighted by Gasteiger charge is 2.13. The van der Waals surface area contributed by atoms with Crippen molar-refractivity contribution in [3.63, 3.8) is 0 Å². The first-order valence-electron chi connectivity index (χ1n) is 4.70. The van der Waals surface area contributed by atoms with Gasteiger partial charge in [-0.2, -0.15) is 0 Å². The fourth-order valence-electron chi connectivity index (χ4n) is 1.05. The number of carboxylic acid groups (broad SMARTS) is 1. The van der Waals surface area contributed by atoms with Crippen molar-refractivity contribution < 1.29 is 19.8 Å². The van der Waals surface area contributed by atoms with Gasteiger partial charge in [0.15, 0.2) is 6.10 Å². The Balaban J connectivity index is 2.34. The van der Waals surface area contributed by atoms with Crippen LogP contribution in [0.15, 0.2) is 24.5 Å². The number of hydrogen-bond acceptors (Lipinski definition) is 4. The maximum atomic E-state index is 11.4. The SMILES string of the molecule is O=C(NCC[C@H](O)C(=O)O)c1cccnc1. The molecule has 0 saturated heterocycles.